The average molecular weight is 2580 g/mol. The zero-order valence-corrected chi connectivity index (χ0v) is 91.9. The van der Waals surface area contributed by atoms with Crippen LogP contribution >= 0.6 is 0 Å². The van der Waals surface area contributed by atoms with Crippen molar-refractivity contribution in [2.24, 2.45) is 0 Å². The van der Waals surface area contributed by atoms with Gasteiger partial charge in [0.25, 0.3) is 0 Å². The maximum Gasteiger partial charge on any atom is 0.381 e. The third-order valence-corrected chi connectivity index (χ3v) is 29.0. The van der Waals surface area contributed by atoms with E-state index < -0.39 is 11.7 Å². The molecule has 0 aliphatic carbocycles. The second-order valence-corrected chi connectivity index (χ2v) is 39.2. The topological polar surface area (TPSA) is 64.7 Å². The molecule has 7 nitrogen and oxygen atoms in total. The Morgan fingerprint density at radius 1 is 0.278 bits per heavy atom. The van der Waals surface area contributed by atoms with Gasteiger partial charge in [0, 0.05) is 160 Å². The summed E-state index contributed by atoms with van der Waals surface area (Å²) >= 11 is 0. The normalized spacial score (nSPS) is 12.1. The van der Waals surface area contributed by atoms with Crippen molar-refractivity contribution in [3.05, 3.63) is 438 Å². The summed E-state index contributed by atoms with van der Waals surface area (Å²) < 4.78 is 44.8. The van der Waals surface area contributed by atoms with Crippen molar-refractivity contribution in [3.8, 4) is 56.4 Å². The summed E-state index contributed by atoms with van der Waals surface area (Å²) in [5.41, 5.74) is 44.4. The number of para-hydroxylation sites is 4. The molecular formula is C126H102B4F3Ir4N7-4. The molecule has 25 rings (SSSR count). The number of anilines is 3. The molecule has 21 aromatic rings. The van der Waals surface area contributed by atoms with E-state index in [1.54, 1.807) is 6.20 Å². The predicted octanol–water partition coefficient (Wildman–Crippen LogP) is 23.4. The monoisotopic (exact) mass is 2590 g/mol. The summed E-state index contributed by atoms with van der Waals surface area (Å²) in [7, 11) is 0. The Kier molecular flexibility index (Phi) is 29.4. The van der Waals surface area contributed by atoms with Crippen molar-refractivity contribution in [3.63, 3.8) is 0 Å². The maximum atomic E-state index is 13.3. The van der Waals surface area contributed by atoms with Crippen molar-refractivity contribution in [2.75, 3.05) is 4.90 Å². The number of aryl methyl sites for hydroxylation is 5. The zero-order valence-electron chi connectivity index (χ0n) is 82.3. The van der Waals surface area contributed by atoms with Crippen LogP contribution in [-0.4, -0.2) is 55.9 Å². The van der Waals surface area contributed by atoms with Gasteiger partial charge in [0.15, 0.2) is 26.9 Å². The van der Waals surface area contributed by atoms with Crippen LogP contribution in [0.15, 0.2) is 358 Å². The van der Waals surface area contributed by atoms with Gasteiger partial charge in [-0.3, -0.25) is 0 Å². The number of aromatic nitrogens is 6. The van der Waals surface area contributed by atoms with Gasteiger partial charge in [0.2, 0.25) is 0 Å². The van der Waals surface area contributed by atoms with Gasteiger partial charge in [-0.1, -0.05) is 349 Å². The van der Waals surface area contributed by atoms with Gasteiger partial charge < -0.3 is 34.0 Å². The minimum absolute atomic E-state index is 0. The molecule has 0 unspecified atom stereocenters. The first kappa shape index (κ1) is 101. The van der Waals surface area contributed by atoms with Crippen molar-refractivity contribution < 1.29 is 93.6 Å². The maximum absolute atomic E-state index is 13.3. The standard InChI is InChI=1S/C35H30BN2.C35H32BN2.C34H28BN2.C22H12BF3N.4Ir/c1-22(2)25-13-9-14-26(23(3)4)34(25)36-30-15-10-20-37-35(30)29-19-18-24(21-31(29)36)38-32-16-7-5-11-27(32)28-12-6-8-17-33(28)38;1-24(2)29-17-11-18-30(25(3)4)34(29)36-32-19-12-22-37-35(32)31-21-20-28(23-33(31)36)38(26-13-7-5-8-14-26)27-15-9-6-10-16-27;1-20-8-12-31-27(17-20)28-18-21(2)9-13-32(28)37(31)25-10-11-26-30(19-25)35(29-7-6-14-36-34(26)29)33-23(4)15-22(3)16-24(33)5;24-22(25,26)15-10-11-17-20(13-15)23(19-9-4-12-27-21(17)19)18-8-3-6-14-5-1-2-7-16(14)18;;;;/h5-18,20-23H,1-4H3;5-20,22-25H,1-4H3;6-10,12-19H,1-5H3;1-10,12-13H;;;;/q4*-1;;;;. The first-order valence-electron chi connectivity index (χ1n) is 48.9. The van der Waals surface area contributed by atoms with Gasteiger partial charge in [0.05, 0.1) is 0 Å². The third-order valence-electron chi connectivity index (χ3n) is 29.0. The van der Waals surface area contributed by atoms with E-state index >= 15 is 0 Å². The van der Waals surface area contributed by atoms with E-state index in [1.807, 2.05) is 73.2 Å². The molecule has 0 saturated carbocycles. The van der Waals surface area contributed by atoms with Gasteiger partial charge in [0.1, 0.15) is 0 Å². The van der Waals surface area contributed by atoms with Crippen LogP contribution in [0.3, 0.4) is 0 Å². The minimum Gasteiger partial charge on any atom is -0.352 e. The van der Waals surface area contributed by atoms with Crippen molar-refractivity contribution in [1.29, 1.82) is 0 Å². The number of pyridine rings is 4. The second-order valence-electron chi connectivity index (χ2n) is 39.2. The summed E-state index contributed by atoms with van der Waals surface area (Å²) in [6, 6.07) is 131. The van der Waals surface area contributed by atoms with Gasteiger partial charge in [-0.25, -0.2) is 0 Å². The quantitative estimate of drug-likeness (QED) is 0.0850. The van der Waals surface area contributed by atoms with Crippen LogP contribution in [0.1, 0.15) is 135 Å². The molecule has 10 heterocycles. The number of nitrogens with zero attached hydrogens (tertiary/aromatic N) is 7. The minimum atomic E-state index is -4.41. The van der Waals surface area contributed by atoms with E-state index in [0.717, 1.165) is 90.0 Å². The Labute approximate surface area is 897 Å². The Bertz CT molecular complexity index is 8240. The van der Waals surface area contributed by atoms with Gasteiger partial charge in [-0.2, -0.15) is 13.2 Å². The van der Waals surface area contributed by atoms with E-state index in [1.165, 1.54) is 149 Å². The average Bonchev–Trinajstić information content (AvgIpc) is 1.57. The SMILES string of the molecule is CC(C)c1cccc(C(C)C)c1B1c2cc(-n3c4ccccc4c4ccccc43)c[c-]c2-c2ncccc21.CC(C)c1cccc(C(C)C)c1B1c2cc(N(c3ccccc3)c3ccccc3)c[c-]c2-c2ncccc21.Cc1cc(C)c(B2c3cc(-n4c5ccc(C)cc5c5cc(C)ccc54)c[c-]c3-c3ncccc32)c(C)c1.FC(F)(F)c1c[c-]c2c(c1)B(c1cccc3ccccc13)c1cccnc1-2.[Ir].[Ir].[Ir].[Ir]. The molecule has 18 heteroatoms. The molecule has 6 aromatic heterocycles. The van der Waals surface area contributed by atoms with E-state index in [0.29, 0.717) is 40.4 Å². The number of benzene rings is 15. The number of fused-ring (bicyclic) bond motifs is 19. The first-order valence-corrected chi connectivity index (χ1v) is 48.9. The second kappa shape index (κ2) is 41.7. The number of alkyl halides is 3. The predicted molar refractivity (Wildman–Crippen MR) is 584 cm³/mol. The summed E-state index contributed by atoms with van der Waals surface area (Å²) in [5.74, 6) is 1.70. The third kappa shape index (κ3) is 18.1. The number of rotatable bonds is 13. The fourth-order valence-corrected chi connectivity index (χ4v) is 23.0. The molecule has 0 N–H and O–H groups in total. The molecule has 0 fully saturated rings. The molecule has 0 bridgehead atoms. The summed E-state index contributed by atoms with van der Waals surface area (Å²) in [6.07, 6.45) is 2.98. The van der Waals surface area contributed by atoms with Gasteiger partial charge in [-0.15, -0.1) is 117 Å². The molecule has 4 aliphatic heterocycles. The van der Waals surface area contributed by atoms with Crippen LogP contribution in [0.2, 0.25) is 0 Å². The van der Waals surface area contributed by atoms with Crippen molar-refractivity contribution in [1.82, 2.24) is 29.1 Å². The number of hydrogen-bond acceptors (Lipinski definition) is 5. The van der Waals surface area contributed by atoms with Crippen LogP contribution in [-0.2, 0) is 86.6 Å². The van der Waals surface area contributed by atoms with E-state index in [-0.39, 0.29) is 107 Å². The number of halogens is 3. The zero-order chi connectivity index (χ0) is 96.2. The number of hydrogen-bond donors (Lipinski definition) is 0. The molecular weight excluding hydrogens is 2480 g/mol. The largest absolute Gasteiger partial charge is 0.381 e. The van der Waals surface area contributed by atoms with Crippen molar-refractivity contribution in [2.45, 2.75) is 120 Å². The summed E-state index contributed by atoms with van der Waals surface area (Å²) in [5, 5.41) is 7.24. The molecule has 4 aliphatic rings. The molecule has 4 radical (unpaired) electrons. The molecule has 0 spiro atoms. The first-order chi connectivity index (χ1) is 68.0. The van der Waals surface area contributed by atoms with E-state index in [9.17, 15) is 13.2 Å². The fourth-order valence-electron chi connectivity index (χ4n) is 23.0. The van der Waals surface area contributed by atoms with Gasteiger partial charge >= 0.3 is 6.18 Å². The molecule has 0 amide bonds. The van der Waals surface area contributed by atoms with E-state index in [2.05, 4.69) is 400 Å². The smallest absolute Gasteiger partial charge is 0.352 e. The molecule has 0 atom stereocenters. The fraction of sp³-hybridized carbons (Fsp3) is 0.143. The van der Waals surface area contributed by atoms with Crippen molar-refractivity contribution >= 4 is 164 Å². The summed E-state index contributed by atoms with van der Waals surface area (Å²) in [6.45, 7) is 29.6. The molecule has 0 saturated heterocycles. The Balaban J connectivity index is 0.000000126. The van der Waals surface area contributed by atoms with Crippen LogP contribution < -0.4 is 70.5 Å². The van der Waals surface area contributed by atoms with Gasteiger partial charge in [-0.05, 0) is 199 Å². The van der Waals surface area contributed by atoms with Crippen LogP contribution in [0.4, 0.5) is 30.2 Å². The Morgan fingerprint density at radius 3 is 1.04 bits per heavy atom. The van der Waals surface area contributed by atoms with Crippen LogP contribution in [0, 0.1) is 58.9 Å². The van der Waals surface area contributed by atoms with Crippen LogP contribution in [0.25, 0.3) is 111 Å². The Hall–Kier alpha value is -12.8. The molecule has 714 valence electrons. The summed E-state index contributed by atoms with van der Waals surface area (Å²) in [4.78, 5) is 21.3. The van der Waals surface area contributed by atoms with Crippen LogP contribution in [0.5, 0.6) is 0 Å². The Morgan fingerprint density at radius 2 is 0.618 bits per heavy atom. The molecule has 15 aromatic carbocycles. The van der Waals surface area contributed by atoms with E-state index in [4.69, 9.17) is 15.0 Å². The molecule has 144 heavy (non-hydrogen) atoms.